The minimum absolute atomic E-state index is 0.0501. The standard InChI is InChI=1S/C10H9N3O4S2/c14-13(15)9-2-1-3-10(4-9)19(16,17)12-5-8-6-18-7-11-8/h1-4,6-7,12H,5H2. The molecule has 0 radical (unpaired) electrons. The van der Waals surface area contributed by atoms with E-state index in [4.69, 9.17) is 0 Å². The molecule has 0 saturated heterocycles. The quantitative estimate of drug-likeness (QED) is 0.666. The Kier molecular flexibility index (Phi) is 3.88. The Morgan fingerprint density at radius 1 is 1.42 bits per heavy atom. The molecule has 1 N–H and O–H groups in total. The van der Waals surface area contributed by atoms with Gasteiger partial charge in [0.1, 0.15) is 0 Å². The maximum Gasteiger partial charge on any atom is 0.270 e. The second-order valence-corrected chi connectivity index (χ2v) is 6.04. The van der Waals surface area contributed by atoms with Crippen molar-refractivity contribution in [2.45, 2.75) is 11.4 Å². The lowest BCUT2D eigenvalue weighted by Crippen LogP contribution is -2.23. The molecule has 100 valence electrons. The van der Waals surface area contributed by atoms with Crippen LogP contribution in [0.2, 0.25) is 0 Å². The van der Waals surface area contributed by atoms with Crippen molar-refractivity contribution in [2.24, 2.45) is 0 Å². The fourth-order valence-electron chi connectivity index (χ4n) is 1.34. The summed E-state index contributed by atoms with van der Waals surface area (Å²) in [7, 11) is -3.78. The molecule has 0 unspecified atom stereocenters. The minimum atomic E-state index is -3.78. The van der Waals surface area contributed by atoms with Gasteiger partial charge in [0.2, 0.25) is 10.0 Å². The summed E-state index contributed by atoms with van der Waals surface area (Å²) in [6.45, 7) is 0.0501. The maximum absolute atomic E-state index is 11.9. The number of hydrogen-bond acceptors (Lipinski definition) is 6. The van der Waals surface area contributed by atoms with Gasteiger partial charge >= 0.3 is 0 Å². The minimum Gasteiger partial charge on any atom is -0.258 e. The molecule has 0 aliphatic rings. The average molecular weight is 299 g/mol. The van der Waals surface area contributed by atoms with Gasteiger partial charge in [0.15, 0.2) is 0 Å². The topological polar surface area (TPSA) is 102 Å². The summed E-state index contributed by atoms with van der Waals surface area (Å²) in [5, 5.41) is 12.3. The first-order valence-electron chi connectivity index (χ1n) is 5.10. The van der Waals surface area contributed by atoms with Crippen molar-refractivity contribution in [2.75, 3.05) is 0 Å². The van der Waals surface area contributed by atoms with Crippen molar-refractivity contribution in [1.82, 2.24) is 9.71 Å². The van der Waals surface area contributed by atoms with Gasteiger partial charge in [-0.3, -0.25) is 10.1 Å². The Hall–Kier alpha value is -1.84. The highest BCUT2D eigenvalue weighted by Crippen LogP contribution is 2.17. The van der Waals surface area contributed by atoms with E-state index in [9.17, 15) is 18.5 Å². The van der Waals surface area contributed by atoms with Crippen LogP contribution in [0.15, 0.2) is 40.1 Å². The van der Waals surface area contributed by atoms with E-state index in [1.54, 1.807) is 10.9 Å². The van der Waals surface area contributed by atoms with E-state index >= 15 is 0 Å². The highest BCUT2D eigenvalue weighted by atomic mass is 32.2. The molecule has 19 heavy (non-hydrogen) atoms. The Labute approximate surface area is 113 Å². The lowest BCUT2D eigenvalue weighted by Gasteiger charge is -2.05. The SMILES string of the molecule is O=[N+]([O-])c1cccc(S(=O)(=O)NCc2cscn2)c1. The Bertz CT molecular complexity index is 683. The number of benzene rings is 1. The van der Waals surface area contributed by atoms with Gasteiger partial charge in [-0.2, -0.15) is 0 Å². The molecule has 2 rings (SSSR count). The highest BCUT2D eigenvalue weighted by molar-refractivity contribution is 7.89. The normalized spacial score (nSPS) is 11.4. The first-order valence-corrected chi connectivity index (χ1v) is 7.53. The van der Waals surface area contributed by atoms with E-state index in [1.165, 1.54) is 29.5 Å². The Balaban J connectivity index is 2.19. The predicted octanol–water partition coefficient (Wildman–Crippen LogP) is 1.53. The Morgan fingerprint density at radius 2 is 2.21 bits per heavy atom. The molecule has 1 heterocycles. The number of sulfonamides is 1. The van der Waals surface area contributed by atoms with Gasteiger partial charge in [-0.05, 0) is 6.07 Å². The summed E-state index contributed by atoms with van der Waals surface area (Å²) in [4.78, 5) is 13.8. The summed E-state index contributed by atoms with van der Waals surface area (Å²) in [6.07, 6.45) is 0. The predicted molar refractivity (Wildman–Crippen MR) is 69.2 cm³/mol. The van der Waals surface area contributed by atoms with Gasteiger partial charge in [-0.15, -0.1) is 11.3 Å². The molecular formula is C10H9N3O4S2. The van der Waals surface area contributed by atoms with Crippen LogP contribution < -0.4 is 4.72 Å². The average Bonchev–Trinajstić information content (AvgIpc) is 2.90. The lowest BCUT2D eigenvalue weighted by molar-refractivity contribution is -0.385. The zero-order valence-corrected chi connectivity index (χ0v) is 11.1. The number of nitrogens with one attached hydrogen (secondary N) is 1. The summed E-state index contributed by atoms with van der Waals surface area (Å²) in [5.74, 6) is 0. The van der Waals surface area contributed by atoms with Gasteiger partial charge in [0.25, 0.3) is 5.69 Å². The van der Waals surface area contributed by atoms with Crippen molar-refractivity contribution in [3.63, 3.8) is 0 Å². The van der Waals surface area contributed by atoms with Crippen LogP contribution in [0.3, 0.4) is 0 Å². The molecule has 0 amide bonds. The van der Waals surface area contributed by atoms with E-state index in [2.05, 4.69) is 9.71 Å². The molecule has 9 heteroatoms. The van der Waals surface area contributed by atoms with Gasteiger partial charge in [-0.25, -0.2) is 18.1 Å². The molecule has 1 aromatic heterocycles. The first-order chi connectivity index (χ1) is 8.99. The number of rotatable bonds is 5. The zero-order valence-electron chi connectivity index (χ0n) is 9.52. The second kappa shape index (κ2) is 5.43. The number of aromatic nitrogens is 1. The van der Waals surface area contributed by atoms with Crippen LogP contribution in [0, 0.1) is 10.1 Å². The summed E-state index contributed by atoms with van der Waals surface area (Å²) < 4.78 is 26.2. The molecule has 7 nitrogen and oxygen atoms in total. The van der Waals surface area contributed by atoms with E-state index < -0.39 is 14.9 Å². The van der Waals surface area contributed by atoms with Gasteiger partial charge in [-0.1, -0.05) is 6.07 Å². The molecular weight excluding hydrogens is 290 g/mol. The number of nitro benzene ring substituents is 1. The zero-order chi connectivity index (χ0) is 13.9. The third-order valence-electron chi connectivity index (χ3n) is 2.27. The molecule has 0 fully saturated rings. The van der Waals surface area contributed by atoms with Crippen LogP contribution in [0.4, 0.5) is 5.69 Å². The van der Waals surface area contributed by atoms with Crippen molar-refractivity contribution in [3.05, 3.63) is 51.0 Å². The maximum atomic E-state index is 11.9. The summed E-state index contributed by atoms with van der Waals surface area (Å²) in [5.41, 5.74) is 1.92. The van der Waals surface area contributed by atoms with Gasteiger partial charge in [0, 0.05) is 17.5 Å². The molecule has 0 aliphatic heterocycles. The fourth-order valence-corrected chi connectivity index (χ4v) is 2.94. The van der Waals surface area contributed by atoms with E-state index in [1.807, 2.05) is 0 Å². The van der Waals surface area contributed by atoms with Crippen LogP contribution in [0.1, 0.15) is 5.69 Å². The Morgan fingerprint density at radius 3 is 2.84 bits per heavy atom. The van der Waals surface area contributed by atoms with Gasteiger partial charge in [0.05, 0.1) is 27.6 Å². The molecule has 0 bridgehead atoms. The second-order valence-electron chi connectivity index (χ2n) is 3.56. The van der Waals surface area contributed by atoms with Crippen LogP contribution in [-0.2, 0) is 16.6 Å². The van der Waals surface area contributed by atoms with Crippen molar-refractivity contribution in [3.8, 4) is 0 Å². The largest absolute Gasteiger partial charge is 0.270 e. The van der Waals surface area contributed by atoms with Crippen LogP contribution in [0.5, 0.6) is 0 Å². The number of nitrogens with zero attached hydrogens (tertiary/aromatic N) is 2. The van der Waals surface area contributed by atoms with E-state index in [0.29, 0.717) is 5.69 Å². The fraction of sp³-hybridized carbons (Fsp3) is 0.100. The van der Waals surface area contributed by atoms with Crippen LogP contribution in [0.25, 0.3) is 0 Å². The summed E-state index contributed by atoms with van der Waals surface area (Å²) >= 11 is 1.36. The molecule has 2 aromatic rings. The highest BCUT2D eigenvalue weighted by Gasteiger charge is 2.17. The molecule has 0 saturated carbocycles. The lowest BCUT2D eigenvalue weighted by atomic mass is 10.3. The summed E-state index contributed by atoms with van der Waals surface area (Å²) in [6, 6.07) is 4.88. The van der Waals surface area contributed by atoms with E-state index in [0.717, 1.165) is 6.07 Å². The third-order valence-corrected chi connectivity index (χ3v) is 4.30. The third kappa shape index (κ3) is 3.34. The molecule has 0 atom stereocenters. The number of hydrogen-bond donors (Lipinski definition) is 1. The number of non-ortho nitro benzene ring substituents is 1. The number of thiazole rings is 1. The van der Waals surface area contributed by atoms with Crippen molar-refractivity contribution in [1.29, 1.82) is 0 Å². The molecule has 1 aromatic carbocycles. The molecule has 0 aliphatic carbocycles. The van der Waals surface area contributed by atoms with Crippen molar-refractivity contribution < 1.29 is 13.3 Å². The smallest absolute Gasteiger partial charge is 0.258 e. The van der Waals surface area contributed by atoms with Crippen LogP contribution >= 0.6 is 11.3 Å². The first kappa shape index (κ1) is 13.6. The van der Waals surface area contributed by atoms with Gasteiger partial charge < -0.3 is 0 Å². The number of nitro groups is 1. The van der Waals surface area contributed by atoms with Crippen LogP contribution in [-0.4, -0.2) is 18.3 Å². The molecule has 0 spiro atoms. The monoisotopic (exact) mass is 299 g/mol. The van der Waals surface area contributed by atoms with Crippen molar-refractivity contribution >= 4 is 27.0 Å². The van der Waals surface area contributed by atoms with E-state index in [-0.39, 0.29) is 17.1 Å².